The number of amides is 1. The number of hydrogen-bond acceptors (Lipinski definition) is 2. The van der Waals surface area contributed by atoms with E-state index in [0.717, 1.165) is 28.4 Å². The van der Waals surface area contributed by atoms with E-state index in [1.54, 1.807) is 6.07 Å². The number of carbonyl (C=O) groups is 1. The minimum absolute atomic E-state index is 0.124. The van der Waals surface area contributed by atoms with Gasteiger partial charge < -0.3 is 11.2 Å². The number of hydrogen-bond donors (Lipinski definition) is 2. The molecule has 1 heterocycles. The fraction of sp³-hybridized carbons (Fsp3) is 0.278. The maximum atomic E-state index is 11.8. The molecule has 3 N–H and O–H groups in total. The van der Waals surface area contributed by atoms with Gasteiger partial charge in [-0.05, 0) is 17.5 Å². The highest BCUT2D eigenvalue weighted by atomic mass is 16.1. The molecular formula is C18H21N3O. The molecule has 22 heavy (non-hydrogen) atoms. The summed E-state index contributed by atoms with van der Waals surface area (Å²) in [5.74, 6) is -0.410. The van der Waals surface area contributed by atoms with E-state index in [-0.39, 0.29) is 5.41 Å². The number of primary amides is 1. The smallest absolute Gasteiger partial charge is 0.250 e. The molecule has 0 fully saturated rings. The predicted molar refractivity (Wildman–Crippen MR) is 91.6 cm³/mol. The van der Waals surface area contributed by atoms with Gasteiger partial charge in [-0.15, -0.1) is 0 Å². The fourth-order valence-corrected chi connectivity index (χ4v) is 2.70. The van der Waals surface area contributed by atoms with E-state index < -0.39 is 5.91 Å². The van der Waals surface area contributed by atoms with Crippen molar-refractivity contribution in [2.45, 2.75) is 20.8 Å². The molecule has 0 atom stereocenters. The normalized spacial score (nSPS) is 12.0. The van der Waals surface area contributed by atoms with Crippen molar-refractivity contribution >= 4 is 27.7 Å². The first kappa shape index (κ1) is 14.4. The van der Waals surface area contributed by atoms with Crippen LogP contribution in [0.3, 0.4) is 0 Å². The lowest BCUT2D eigenvalue weighted by Crippen LogP contribution is -2.26. The van der Waals surface area contributed by atoms with Gasteiger partial charge in [0.2, 0.25) is 0 Å². The summed E-state index contributed by atoms with van der Waals surface area (Å²) >= 11 is 0. The molecule has 4 heteroatoms. The van der Waals surface area contributed by atoms with E-state index in [0.29, 0.717) is 5.56 Å². The van der Waals surface area contributed by atoms with Gasteiger partial charge in [-0.1, -0.05) is 51.1 Å². The molecule has 0 aliphatic heterocycles. The zero-order chi connectivity index (χ0) is 15.9. The average Bonchev–Trinajstić information content (AvgIpc) is 2.78. The van der Waals surface area contributed by atoms with Gasteiger partial charge in [0.1, 0.15) is 0 Å². The molecule has 4 nitrogen and oxygen atoms in total. The van der Waals surface area contributed by atoms with Gasteiger partial charge in [-0.2, -0.15) is 0 Å². The Morgan fingerprint density at radius 1 is 1.09 bits per heavy atom. The van der Waals surface area contributed by atoms with E-state index in [1.165, 1.54) is 0 Å². The third kappa shape index (κ3) is 2.41. The van der Waals surface area contributed by atoms with Crippen LogP contribution in [-0.2, 0) is 0 Å². The van der Waals surface area contributed by atoms with Crippen LogP contribution in [0.5, 0.6) is 0 Å². The SMILES string of the molecule is CC(C)(C)CNn1c2ccccc2c2cccc(C(N)=O)c21. The molecule has 3 aromatic rings. The lowest BCUT2D eigenvalue weighted by atomic mass is 9.97. The zero-order valence-corrected chi connectivity index (χ0v) is 13.2. The highest BCUT2D eigenvalue weighted by Crippen LogP contribution is 2.30. The molecule has 0 bridgehead atoms. The van der Waals surface area contributed by atoms with Gasteiger partial charge in [-0.3, -0.25) is 9.47 Å². The molecule has 1 amide bonds. The van der Waals surface area contributed by atoms with Crippen molar-refractivity contribution < 1.29 is 4.79 Å². The second-order valence-corrected chi connectivity index (χ2v) is 6.81. The number of para-hydroxylation sites is 2. The van der Waals surface area contributed by atoms with Crippen LogP contribution in [0.2, 0.25) is 0 Å². The van der Waals surface area contributed by atoms with Crippen molar-refractivity contribution in [3.63, 3.8) is 0 Å². The summed E-state index contributed by atoms with van der Waals surface area (Å²) in [7, 11) is 0. The van der Waals surface area contributed by atoms with Gasteiger partial charge in [0.15, 0.2) is 0 Å². The molecule has 0 saturated carbocycles. The second-order valence-electron chi connectivity index (χ2n) is 6.81. The Balaban J connectivity index is 2.32. The van der Waals surface area contributed by atoms with E-state index in [2.05, 4.69) is 38.3 Å². The van der Waals surface area contributed by atoms with Crippen LogP contribution in [0.25, 0.3) is 21.8 Å². The van der Waals surface area contributed by atoms with Crippen LogP contribution in [-0.4, -0.2) is 17.1 Å². The molecule has 2 aromatic carbocycles. The highest BCUT2D eigenvalue weighted by molar-refractivity contribution is 6.15. The van der Waals surface area contributed by atoms with Crippen LogP contribution in [0.1, 0.15) is 31.1 Å². The summed E-state index contributed by atoms with van der Waals surface area (Å²) in [6, 6.07) is 13.8. The van der Waals surface area contributed by atoms with Crippen LogP contribution in [0.4, 0.5) is 0 Å². The van der Waals surface area contributed by atoms with Crippen molar-refractivity contribution in [1.29, 1.82) is 0 Å². The average molecular weight is 295 g/mol. The summed E-state index contributed by atoms with van der Waals surface area (Å²) in [6.07, 6.45) is 0. The maximum Gasteiger partial charge on any atom is 0.250 e. The Labute approximate surface area is 129 Å². The molecule has 114 valence electrons. The topological polar surface area (TPSA) is 60.1 Å². The van der Waals surface area contributed by atoms with E-state index in [4.69, 9.17) is 5.73 Å². The van der Waals surface area contributed by atoms with E-state index >= 15 is 0 Å². The minimum atomic E-state index is -0.410. The summed E-state index contributed by atoms with van der Waals surface area (Å²) in [5.41, 5.74) is 11.6. The number of benzene rings is 2. The first-order valence-electron chi connectivity index (χ1n) is 7.44. The summed E-state index contributed by atoms with van der Waals surface area (Å²) in [6.45, 7) is 7.29. The van der Waals surface area contributed by atoms with Gasteiger partial charge in [0.05, 0.1) is 16.6 Å². The van der Waals surface area contributed by atoms with Gasteiger partial charge in [-0.25, -0.2) is 0 Å². The quantitative estimate of drug-likeness (QED) is 0.777. The van der Waals surface area contributed by atoms with Crippen LogP contribution in [0, 0.1) is 5.41 Å². The predicted octanol–water partition coefficient (Wildman–Crippen LogP) is 3.48. The third-order valence-corrected chi connectivity index (χ3v) is 3.73. The minimum Gasteiger partial charge on any atom is -0.366 e. The lowest BCUT2D eigenvalue weighted by molar-refractivity contribution is 0.100. The van der Waals surface area contributed by atoms with Crippen molar-refractivity contribution in [2.75, 3.05) is 12.0 Å². The van der Waals surface area contributed by atoms with Crippen LogP contribution in [0.15, 0.2) is 42.5 Å². The number of nitrogens with two attached hydrogens (primary N) is 1. The molecule has 0 radical (unpaired) electrons. The molecule has 0 aliphatic carbocycles. The molecule has 0 unspecified atom stereocenters. The first-order valence-corrected chi connectivity index (χ1v) is 7.44. The molecule has 3 rings (SSSR count). The Kier molecular flexibility index (Phi) is 3.32. The molecule has 1 aromatic heterocycles. The molecule has 0 spiro atoms. The number of aromatic nitrogens is 1. The zero-order valence-electron chi connectivity index (χ0n) is 13.2. The Hall–Kier alpha value is -2.49. The highest BCUT2D eigenvalue weighted by Gasteiger charge is 2.17. The van der Waals surface area contributed by atoms with Gasteiger partial charge >= 0.3 is 0 Å². The van der Waals surface area contributed by atoms with Crippen molar-refractivity contribution in [3.8, 4) is 0 Å². The molecular weight excluding hydrogens is 274 g/mol. The Morgan fingerprint density at radius 2 is 1.77 bits per heavy atom. The number of carbonyl (C=O) groups excluding carboxylic acids is 1. The monoisotopic (exact) mass is 295 g/mol. The molecule has 0 saturated heterocycles. The lowest BCUT2D eigenvalue weighted by Gasteiger charge is -2.21. The second kappa shape index (κ2) is 5.05. The van der Waals surface area contributed by atoms with Crippen molar-refractivity contribution in [2.24, 2.45) is 11.1 Å². The number of rotatable bonds is 3. The van der Waals surface area contributed by atoms with Crippen molar-refractivity contribution in [3.05, 3.63) is 48.0 Å². The largest absolute Gasteiger partial charge is 0.366 e. The first-order chi connectivity index (χ1) is 10.4. The van der Waals surface area contributed by atoms with E-state index in [1.807, 2.05) is 28.9 Å². The molecule has 0 aliphatic rings. The Bertz CT molecular complexity index is 856. The van der Waals surface area contributed by atoms with Crippen LogP contribution < -0.4 is 11.2 Å². The van der Waals surface area contributed by atoms with Crippen molar-refractivity contribution in [1.82, 2.24) is 4.68 Å². The van der Waals surface area contributed by atoms with Gasteiger partial charge in [0, 0.05) is 17.3 Å². The van der Waals surface area contributed by atoms with E-state index in [9.17, 15) is 4.79 Å². The Morgan fingerprint density at radius 3 is 2.45 bits per heavy atom. The standard InChI is InChI=1S/C18H21N3O/c1-18(2,3)11-20-21-15-10-5-4-7-12(15)13-8-6-9-14(16(13)21)17(19)22/h4-10,20H,11H2,1-3H3,(H2,19,22). The number of nitrogens with one attached hydrogen (secondary N) is 1. The number of nitrogens with zero attached hydrogens (tertiary/aromatic N) is 1. The third-order valence-electron chi connectivity index (χ3n) is 3.73. The fourth-order valence-electron chi connectivity index (χ4n) is 2.70. The summed E-state index contributed by atoms with van der Waals surface area (Å²) in [4.78, 5) is 11.8. The maximum absolute atomic E-state index is 11.8. The summed E-state index contributed by atoms with van der Waals surface area (Å²) in [5, 5.41) is 2.15. The summed E-state index contributed by atoms with van der Waals surface area (Å²) < 4.78 is 2.00. The van der Waals surface area contributed by atoms with Crippen LogP contribution >= 0.6 is 0 Å². The van der Waals surface area contributed by atoms with Gasteiger partial charge in [0.25, 0.3) is 5.91 Å². The number of fused-ring (bicyclic) bond motifs is 3.